The first-order valence-corrected chi connectivity index (χ1v) is 10.8. The van der Waals surface area contributed by atoms with Crippen LogP contribution in [0.1, 0.15) is 5.56 Å². The number of hydrogen-bond donors (Lipinski definition) is 2. The number of carbonyl (C=O) groups excluding carboxylic acids is 1. The van der Waals surface area contributed by atoms with Gasteiger partial charge in [-0.3, -0.25) is 10.1 Å². The van der Waals surface area contributed by atoms with Crippen molar-refractivity contribution in [2.45, 2.75) is 6.92 Å². The Hall–Kier alpha value is -4.11. The lowest BCUT2D eigenvalue weighted by atomic mass is 10.2. The van der Waals surface area contributed by atoms with Gasteiger partial charge in [-0.1, -0.05) is 12.1 Å². The topological polar surface area (TPSA) is 94.9 Å². The standard InChI is InChI=1S/C25H23N3O5S/c1-15-5-4-6-18(11-15)32-14-23(29)28-25(34)26-17-8-10-20-19(13-17)27-24(33-20)16-7-9-21(30-2)22(12-16)31-3/h4-13H,14H2,1-3H3,(H2,26,28,29,34). The highest BCUT2D eigenvalue weighted by molar-refractivity contribution is 7.80. The first-order chi connectivity index (χ1) is 16.4. The number of nitrogens with zero attached hydrogens (tertiary/aromatic N) is 1. The van der Waals surface area contributed by atoms with Gasteiger partial charge >= 0.3 is 0 Å². The number of fused-ring (bicyclic) bond motifs is 1. The predicted molar refractivity (Wildman–Crippen MR) is 134 cm³/mol. The summed E-state index contributed by atoms with van der Waals surface area (Å²) in [5, 5.41) is 5.74. The van der Waals surface area contributed by atoms with Gasteiger partial charge in [-0.2, -0.15) is 0 Å². The van der Waals surface area contributed by atoms with Gasteiger partial charge in [0.05, 0.1) is 14.2 Å². The summed E-state index contributed by atoms with van der Waals surface area (Å²) in [6, 6.07) is 18.2. The molecule has 0 aliphatic heterocycles. The van der Waals surface area contributed by atoms with Crippen molar-refractivity contribution in [3.05, 3.63) is 66.2 Å². The van der Waals surface area contributed by atoms with E-state index in [9.17, 15) is 4.79 Å². The van der Waals surface area contributed by atoms with Gasteiger partial charge in [-0.25, -0.2) is 4.98 Å². The molecule has 1 amide bonds. The Morgan fingerprint density at radius 2 is 1.85 bits per heavy atom. The fraction of sp³-hybridized carbons (Fsp3) is 0.160. The Balaban J connectivity index is 1.40. The number of aryl methyl sites for hydroxylation is 1. The molecular formula is C25H23N3O5S. The molecule has 0 spiro atoms. The molecule has 4 rings (SSSR count). The highest BCUT2D eigenvalue weighted by Crippen LogP contribution is 2.33. The Morgan fingerprint density at radius 3 is 2.62 bits per heavy atom. The first-order valence-electron chi connectivity index (χ1n) is 10.4. The molecule has 1 heterocycles. The fourth-order valence-corrected chi connectivity index (χ4v) is 3.51. The zero-order valence-electron chi connectivity index (χ0n) is 18.9. The molecule has 0 saturated carbocycles. The Labute approximate surface area is 201 Å². The molecule has 2 N–H and O–H groups in total. The zero-order valence-corrected chi connectivity index (χ0v) is 19.7. The Bertz CT molecular complexity index is 1350. The minimum absolute atomic E-state index is 0.151. The third kappa shape index (κ3) is 5.44. The van der Waals surface area contributed by atoms with Crippen LogP contribution < -0.4 is 24.8 Å². The van der Waals surface area contributed by atoms with Crippen molar-refractivity contribution in [1.29, 1.82) is 0 Å². The summed E-state index contributed by atoms with van der Waals surface area (Å²) in [5.41, 5.74) is 3.69. The van der Waals surface area contributed by atoms with Crippen molar-refractivity contribution in [3.63, 3.8) is 0 Å². The maximum atomic E-state index is 12.2. The maximum Gasteiger partial charge on any atom is 0.264 e. The third-order valence-corrected chi connectivity index (χ3v) is 5.09. The summed E-state index contributed by atoms with van der Waals surface area (Å²) in [7, 11) is 3.15. The second-order valence-corrected chi connectivity index (χ2v) is 7.79. The number of aromatic nitrogens is 1. The van der Waals surface area contributed by atoms with Crippen LogP contribution in [-0.2, 0) is 4.79 Å². The fourth-order valence-electron chi connectivity index (χ4n) is 3.28. The third-order valence-electron chi connectivity index (χ3n) is 4.89. The van der Waals surface area contributed by atoms with Gasteiger partial charge in [0.1, 0.15) is 11.3 Å². The van der Waals surface area contributed by atoms with E-state index in [4.69, 9.17) is 30.8 Å². The van der Waals surface area contributed by atoms with Crippen LogP contribution >= 0.6 is 12.2 Å². The van der Waals surface area contributed by atoms with Crippen molar-refractivity contribution in [3.8, 4) is 28.7 Å². The zero-order chi connectivity index (χ0) is 24.1. The molecule has 0 radical (unpaired) electrons. The summed E-state index contributed by atoms with van der Waals surface area (Å²) >= 11 is 5.25. The van der Waals surface area contributed by atoms with Crippen molar-refractivity contribution < 1.29 is 23.4 Å². The predicted octanol–water partition coefficient (Wildman–Crippen LogP) is 4.71. The van der Waals surface area contributed by atoms with Gasteiger partial charge < -0.3 is 23.9 Å². The van der Waals surface area contributed by atoms with Crippen LogP contribution in [0.25, 0.3) is 22.6 Å². The van der Waals surface area contributed by atoms with Gasteiger partial charge in [0.15, 0.2) is 28.8 Å². The van der Waals surface area contributed by atoms with E-state index in [1.165, 1.54) is 0 Å². The second-order valence-electron chi connectivity index (χ2n) is 7.38. The summed E-state index contributed by atoms with van der Waals surface area (Å²) < 4.78 is 22.0. The minimum Gasteiger partial charge on any atom is -0.493 e. The molecule has 0 saturated heterocycles. The van der Waals surface area contributed by atoms with Crippen molar-refractivity contribution in [1.82, 2.24) is 10.3 Å². The van der Waals surface area contributed by atoms with E-state index in [2.05, 4.69) is 15.6 Å². The van der Waals surface area contributed by atoms with Crippen molar-refractivity contribution in [2.24, 2.45) is 0 Å². The molecule has 0 aliphatic carbocycles. The summed E-state index contributed by atoms with van der Waals surface area (Å²) in [5.74, 6) is 1.90. The molecule has 0 atom stereocenters. The molecule has 4 aromatic rings. The van der Waals surface area contributed by atoms with E-state index < -0.39 is 0 Å². The van der Waals surface area contributed by atoms with Crippen LogP contribution in [0.15, 0.2) is 65.1 Å². The maximum absolute atomic E-state index is 12.2. The molecule has 0 aliphatic rings. The molecule has 0 bridgehead atoms. The van der Waals surface area contributed by atoms with Crippen LogP contribution in [0.2, 0.25) is 0 Å². The number of thiocarbonyl (C=S) groups is 1. The SMILES string of the molecule is COc1ccc(-c2nc3cc(NC(=S)NC(=O)COc4cccc(C)c4)ccc3o2)cc1OC. The Kier molecular flexibility index (Phi) is 6.93. The molecule has 9 heteroatoms. The number of rotatable bonds is 7. The van der Waals surface area contributed by atoms with Gasteiger partial charge in [0.25, 0.3) is 5.91 Å². The number of nitrogens with one attached hydrogen (secondary N) is 2. The van der Waals surface area contributed by atoms with E-state index in [-0.39, 0.29) is 17.6 Å². The lowest BCUT2D eigenvalue weighted by Crippen LogP contribution is -2.37. The monoisotopic (exact) mass is 477 g/mol. The van der Waals surface area contributed by atoms with Gasteiger partial charge in [0.2, 0.25) is 5.89 Å². The van der Waals surface area contributed by atoms with E-state index >= 15 is 0 Å². The van der Waals surface area contributed by atoms with Crippen LogP contribution in [0.3, 0.4) is 0 Å². The van der Waals surface area contributed by atoms with E-state index in [1.807, 2.05) is 31.2 Å². The van der Waals surface area contributed by atoms with Gasteiger partial charge in [0, 0.05) is 11.3 Å². The van der Waals surface area contributed by atoms with E-state index in [0.29, 0.717) is 39.9 Å². The highest BCUT2D eigenvalue weighted by Gasteiger charge is 2.13. The lowest BCUT2D eigenvalue weighted by Gasteiger charge is -2.10. The second kappa shape index (κ2) is 10.2. The van der Waals surface area contributed by atoms with Crippen molar-refractivity contribution in [2.75, 3.05) is 26.1 Å². The summed E-state index contributed by atoms with van der Waals surface area (Å²) in [6.07, 6.45) is 0. The molecular weight excluding hydrogens is 454 g/mol. The molecule has 1 aromatic heterocycles. The normalized spacial score (nSPS) is 10.6. The number of anilines is 1. The number of methoxy groups -OCH3 is 2. The van der Waals surface area contributed by atoms with Crippen LogP contribution in [0.5, 0.6) is 17.2 Å². The highest BCUT2D eigenvalue weighted by atomic mass is 32.1. The molecule has 174 valence electrons. The van der Waals surface area contributed by atoms with E-state index in [1.54, 1.807) is 50.6 Å². The van der Waals surface area contributed by atoms with Crippen LogP contribution in [-0.4, -0.2) is 36.8 Å². The smallest absolute Gasteiger partial charge is 0.264 e. The number of oxazole rings is 1. The first kappa shape index (κ1) is 23.1. The minimum atomic E-state index is -0.364. The largest absolute Gasteiger partial charge is 0.493 e. The number of carbonyl (C=O) groups is 1. The van der Waals surface area contributed by atoms with Gasteiger partial charge in [-0.05, 0) is 73.2 Å². The molecule has 34 heavy (non-hydrogen) atoms. The number of ether oxygens (including phenoxy) is 3. The summed E-state index contributed by atoms with van der Waals surface area (Å²) in [4.78, 5) is 16.7. The summed E-state index contributed by atoms with van der Waals surface area (Å²) in [6.45, 7) is 1.80. The van der Waals surface area contributed by atoms with Crippen molar-refractivity contribution >= 4 is 40.0 Å². The van der Waals surface area contributed by atoms with E-state index in [0.717, 1.165) is 11.1 Å². The lowest BCUT2D eigenvalue weighted by molar-refractivity contribution is -0.121. The quantitative estimate of drug-likeness (QED) is 0.370. The number of amides is 1. The van der Waals surface area contributed by atoms with Gasteiger partial charge in [-0.15, -0.1) is 0 Å². The molecule has 0 fully saturated rings. The molecule has 8 nitrogen and oxygen atoms in total. The molecule has 0 unspecified atom stereocenters. The average Bonchev–Trinajstić information content (AvgIpc) is 3.25. The molecule has 3 aromatic carbocycles. The number of benzene rings is 3. The number of hydrogen-bond acceptors (Lipinski definition) is 7. The van der Waals surface area contributed by atoms with Crippen LogP contribution in [0, 0.1) is 6.92 Å². The Morgan fingerprint density at radius 1 is 1.03 bits per heavy atom. The average molecular weight is 478 g/mol. The van der Waals surface area contributed by atoms with Crippen LogP contribution in [0.4, 0.5) is 5.69 Å².